The molecule has 0 aliphatic carbocycles. The van der Waals surface area contributed by atoms with Crippen LogP contribution < -0.4 is 5.32 Å². The first kappa shape index (κ1) is 17.3. The monoisotopic (exact) mass is 343 g/mol. The molecule has 1 aliphatic heterocycles. The van der Waals surface area contributed by atoms with Crippen molar-refractivity contribution < 1.29 is 14.7 Å². The second-order valence-electron chi connectivity index (χ2n) is 6.61. The summed E-state index contributed by atoms with van der Waals surface area (Å²) in [5.74, 6) is -1.26. The summed E-state index contributed by atoms with van der Waals surface area (Å²) in [6.07, 6.45) is 5.13. The number of para-hydroxylation sites is 1. The van der Waals surface area contributed by atoms with E-state index in [9.17, 15) is 9.59 Å². The molecule has 1 unspecified atom stereocenters. The lowest BCUT2D eigenvalue weighted by atomic mass is 9.99. The maximum absolute atomic E-state index is 12.3. The van der Waals surface area contributed by atoms with E-state index >= 15 is 0 Å². The van der Waals surface area contributed by atoms with Crippen LogP contribution in [0.3, 0.4) is 0 Å². The number of amides is 2. The number of nitrogens with one attached hydrogen (secondary N) is 2. The zero-order valence-electron chi connectivity index (χ0n) is 14.5. The number of aromatic nitrogens is 1. The molecule has 1 saturated heterocycles. The Kier molecular flexibility index (Phi) is 5.26. The normalized spacial score (nSPS) is 17.6. The lowest BCUT2D eigenvalue weighted by Crippen LogP contribution is -2.47. The number of urea groups is 1. The summed E-state index contributed by atoms with van der Waals surface area (Å²) in [4.78, 5) is 28.3. The molecule has 25 heavy (non-hydrogen) atoms. The number of hydrogen-bond acceptors (Lipinski definition) is 2. The predicted molar refractivity (Wildman–Crippen MR) is 96.7 cm³/mol. The Balaban J connectivity index is 1.56. The van der Waals surface area contributed by atoms with E-state index in [0.717, 1.165) is 19.3 Å². The summed E-state index contributed by atoms with van der Waals surface area (Å²) in [7, 11) is 0. The fourth-order valence-corrected chi connectivity index (χ4v) is 3.56. The topological polar surface area (TPSA) is 85.4 Å². The van der Waals surface area contributed by atoms with Crippen molar-refractivity contribution in [2.75, 3.05) is 19.6 Å². The molecular formula is C19H25N3O3. The first-order chi connectivity index (χ1) is 12.1. The molecule has 3 N–H and O–H groups in total. The number of benzene rings is 1. The van der Waals surface area contributed by atoms with Crippen LogP contribution in [0.1, 0.15) is 30.9 Å². The smallest absolute Gasteiger partial charge is 0.317 e. The molecule has 1 aliphatic rings. The minimum absolute atomic E-state index is 0.167. The number of likely N-dealkylation sites (tertiary alicyclic amines) is 1. The van der Waals surface area contributed by atoms with Crippen LogP contribution in [-0.2, 0) is 17.6 Å². The number of aromatic amines is 1. The Morgan fingerprint density at radius 3 is 2.96 bits per heavy atom. The molecule has 6 nitrogen and oxygen atoms in total. The molecule has 2 amide bonds. The van der Waals surface area contributed by atoms with Crippen molar-refractivity contribution in [1.82, 2.24) is 15.2 Å². The molecule has 1 aromatic carbocycles. The third kappa shape index (κ3) is 3.78. The van der Waals surface area contributed by atoms with Crippen LogP contribution in [0.5, 0.6) is 0 Å². The van der Waals surface area contributed by atoms with Crippen LogP contribution >= 0.6 is 0 Å². The number of hydrogen-bond donors (Lipinski definition) is 3. The molecule has 2 aromatic rings. The van der Waals surface area contributed by atoms with Gasteiger partial charge in [-0.3, -0.25) is 4.79 Å². The number of piperidine rings is 1. The number of fused-ring (bicyclic) bond motifs is 1. The molecule has 1 fully saturated rings. The highest BCUT2D eigenvalue weighted by Crippen LogP contribution is 2.22. The minimum Gasteiger partial charge on any atom is -0.481 e. The van der Waals surface area contributed by atoms with Gasteiger partial charge in [0.2, 0.25) is 0 Å². The van der Waals surface area contributed by atoms with E-state index < -0.39 is 11.9 Å². The van der Waals surface area contributed by atoms with E-state index in [1.54, 1.807) is 4.90 Å². The summed E-state index contributed by atoms with van der Waals surface area (Å²) in [6.45, 7) is 3.60. The second kappa shape index (κ2) is 7.59. The average molecular weight is 343 g/mol. The number of carboxylic acids is 1. The van der Waals surface area contributed by atoms with E-state index in [1.165, 1.54) is 22.0 Å². The van der Waals surface area contributed by atoms with Gasteiger partial charge in [0, 0.05) is 36.7 Å². The summed E-state index contributed by atoms with van der Waals surface area (Å²) in [5.41, 5.74) is 3.65. The highest BCUT2D eigenvalue weighted by molar-refractivity contribution is 5.86. The first-order valence-electron chi connectivity index (χ1n) is 8.93. The zero-order chi connectivity index (χ0) is 17.8. The lowest BCUT2D eigenvalue weighted by Gasteiger charge is -2.30. The molecular weight excluding hydrogens is 318 g/mol. The van der Waals surface area contributed by atoms with E-state index in [-0.39, 0.29) is 6.03 Å². The summed E-state index contributed by atoms with van der Waals surface area (Å²) < 4.78 is 0. The SMILES string of the molecule is CCc1cccc2c(CCNC(=O)N3CCCC(C(=O)O)C3)c[nH]c12. The number of carboxylic acid groups (broad SMARTS) is 1. The van der Waals surface area contributed by atoms with Crippen molar-refractivity contribution in [1.29, 1.82) is 0 Å². The third-order valence-electron chi connectivity index (χ3n) is 5.00. The Morgan fingerprint density at radius 1 is 1.36 bits per heavy atom. The Morgan fingerprint density at radius 2 is 2.20 bits per heavy atom. The molecule has 1 atom stereocenters. The fraction of sp³-hybridized carbons (Fsp3) is 0.474. The standard InChI is InChI=1S/C19H25N3O3/c1-2-13-5-3-7-16-14(11-21-17(13)16)8-9-20-19(25)22-10-4-6-15(12-22)18(23)24/h3,5,7,11,15,21H,2,4,6,8-10,12H2,1H3,(H,20,25)(H,23,24). The zero-order valence-corrected chi connectivity index (χ0v) is 14.5. The molecule has 3 rings (SSSR count). The minimum atomic E-state index is -0.817. The van der Waals surface area contributed by atoms with Crippen molar-refractivity contribution in [2.24, 2.45) is 5.92 Å². The third-order valence-corrected chi connectivity index (χ3v) is 5.00. The molecule has 0 radical (unpaired) electrons. The van der Waals surface area contributed by atoms with Crippen molar-refractivity contribution in [3.05, 3.63) is 35.5 Å². The van der Waals surface area contributed by atoms with Gasteiger partial charge in [0.15, 0.2) is 0 Å². The summed E-state index contributed by atoms with van der Waals surface area (Å²) in [5, 5.41) is 13.2. The van der Waals surface area contributed by atoms with Crippen LogP contribution in [0, 0.1) is 5.92 Å². The molecule has 0 saturated carbocycles. The van der Waals surface area contributed by atoms with Crippen LogP contribution in [0.15, 0.2) is 24.4 Å². The quantitative estimate of drug-likeness (QED) is 0.780. The van der Waals surface area contributed by atoms with Crippen molar-refractivity contribution in [3.63, 3.8) is 0 Å². The van der Waals surface area contributed by atoms with Crippen molar-refractivity contribution in [2.45, 2.75) is 32.6 Å². The van der Waals surface area contributed by atoms with Gasteiger partial charge in [0.25, 0.3) is 0 Å². The number of aliphatic carboxylic acids is 1. The average Bonchev–Trinajstić information content (AvgIpc) is 3.05. The highest BCUT2D eigenvalue weighted by Gasteiger charge is 2.27. The number of nitrogens with zero attached hydrogens (tertiary/aromatic N) is 1. The van der Waals surface area contributed by atoms with Gasteiger partial charge >= 0.3 is 12.0 Å². The number of rotatable bonds is 5. The van der Waals surface area contributed by atoms with Gasteiger partial charge in [-0.1, -0.05) is 25.1 Å². The molecule has 2 heterocycles. The Bertz CT molecular complexity index is 768. The largest absolute Gasteiger partial charge is 0.481 e. The van der Waals surface area contributed by atoms with Gasteiger partial charge in [0.1, 0.15) is 0 Å². The number of H-pyrrole nitrogens is 1. The number of carbonyl (C=O) groups is 2. The maximum Gasteiger partial charge on any atom is 0.317 e. The van der Waals surface area contributed by atoms with Crippen molar-refractivity contribution in [3.8, 4) is 0 Å². The van der Waals surface area contributed by atoms with Gasteiger partial charge in [0.05, 0.1) is 5.92 Å². The van der Waals surface area contributed by atoms with Crippen LogP contribution in [0.2, 0.25) is 0 Å². The van der Waals surface area contributed by atoms with Gasteiger partial charge in [-0.15, -0.1) is 0 Å². The van der Waals surface area contributed by atoms with E-state index in [2.05, 4.69) is 35.4 Å². The summed E-state index contributed by atoms with van der Waals surface area (Å²) >= 11 is 0. The second-order valence-corrected chi connectivity index (χ2v) is 6.61. The van der Waals surface area contributed by atoms with Gasteiger partial charge < -0.3 is 20.3 Å². The van der Waals surface area contributed by atoms with Gasteiger partial charge in [-0.25, -0.2) is 4.79 Å². The van der Waals surface area contributed by atoms with E-state index in [4.69, 9.17) is 5.11 Å². The maximum atomic E-state index is 12.3. The lowest BCUT2D eigenvalue weighted by molar-refractivity contribution is -0.143. The van der Waals surface area contributed by atoms with Crippen LogP contribution in [-0.4, -0.2) is 46.6 Å². The van der Waals surface area contributed by atoms with E-state index in [1.807, 2.05) is 6.20 Å². The van der Waals surface area contributed by atoms with Gasteiger partial charge in [-0.2, -0.15) is 0 Å². The van der Waals surface area contributed by atoms with Crippen LogP contribution in [0.25, 0.3) is 10.9 Å². The van der Waals surface area contributed by atoms with Crippen LogP contribution in [0.4, 0.5) is 4.79 Å². The first-order valence-corrected chi connectivity index (χ1v) is 8.93. The molecule has 0 bridgehead atoms. The van der Waals surface area contributed by atoms with E-state index in [0.29, 0.717) is 26.1 Å². The fourth-order valence-electron chi connectivity index (χ4n) is 3.56. The van der Waals surface area contributed by atoms with Gasteiger partial charge in [-0.05, 0) is 36.8 Å². The Hall–Kier alpha value is -2.50. The molecule has 1 aromatic heterocycles. The number of carbonyl (C=O) groups excluding carboxylic acids is 1. The molecule has 6 heteroatoms. The molecule has 0 spiro atoms. The Labute approximate surface area is 147 Å². The molecule has 134 valence electrons. The summed E-state index contributed by atoms with van der Waals surface area (Å²) in [6, 6.07) is 6.13. The van der Waals surface area contributed by atoms with Crippen molar-refractivity contribution >= 4 is 22.9 Å². The highest BCUT2D eigenvalue weighted by atomic mass is 16.4. The number of aryl methyl sites for hydroxylation is 1. The predicted octanol–water partition coefficient (Wildman–Crippen LogP) is 2.78.